The van der Waals surface area contributed by atoms with E-state index < -0.39 is 0 Å². The Bertz CT molecular complexity index is 410. The molecule has 0 heterocycles. The molecule has 0 amide bonds. The average molecular weight is 396 g/mol. The zero-order chi connectivity index (χ0) is 20.7. The molecule has 2 saturated carbocycles. The van der Waals surface area contributed by atoms with Gasteiger partial charge in [0.2, 0.25) is 0 Å². The van der Waals surface area contributed by atoms with Crippen molar-refractivity contribution in [3.05, 3.63) is 0 Å². The Labute approximate surface area is 174 Å². The van der Waals surface area contributed by atoms with E-state index in [9.17, 15) is 0 Å². The summed E-state index contributed by atoms with van der Waals surface area (Å²) in [5.74, 6) is 10.4. The quantitative estimate of drug-likeness (QED) is 0.380. The maximum Gasteiger partial charge on any atom is 0.0205 e. The molecule has 2 aliphatic rings. The molecule has 0 radical (unpaired) electrons. The first kappa shape index (κ1) is 27.0. The predicted molar refractivity (Wildman–Crippen MR) is 128 cm³/mol. The van der Waals surface area contributed by atoms with E-state index in [2.05, 4.69) is 48.8 Å². The van der Waals surface area contributed by atoms with Crippen LogP contribution in [0.15, 0.2) is 0 Å². The highest BCUT2D eigenvalue weighted by atomic mass is 31.0. The van der Waals surface area contributed by atoms with Gasteiger partial charge in [0, 0.05) is 18.4 Å². The second-order valence-corrected chi connectivity index (χ2v) is 9.81. The van der Waals surface area contributed by atoms with E-state index in [1.807, 2.05) is 13.8 Å². The SMILES string of the molecule is CC.CCC.CCCCC(C#CC1CCC2CC(P)(CN)CCC2C1)CC. The lowest BCUT2D eigenvalue weighted by atomic mass is 9.64. The van der Waals surface area contributed by atoms with E-state index in [0.717, 1.165) is 18.4 Å². The Morgan fingerprint density at radius 2 is 1.74 bits per heavy atom. The molecule has 1 nitrogen and oxygen atoms in total. The summed E-state index contributed by atoms with van der Waals surface area (Å²) in [7, 11) is 3.07. The average Bonchev–Trinajstić information content (AvgIpc) is 2.70. The van der Waals surface area contributed by atoms with Gasteiger partial charge < -0.3 is 5.73 Å². The molecule has 0 aliphatic heterocycles. The van der Waals surface area contributed by atoms with Gasteiger partial charge in [0.05, 0.1) is 0 Å². The van der Waals surface area contributed by atoms with Crippen molar-refractivity contribution in [3.8, 4) is 11.8 Å². The standard InChI is InChI=1S/C20H36NP.C3H8.C2H6/c1-3-5-6-16(4-2)7-8-17-9-10-19-14-20(22,15-21)12-11-18(19)13-17;1-3-2;1-2/h16-19H,3-6,9-15,21-22H2,1-2H3;3H2,1-2H3;1-2H3. The van der Waals surface area contributed by atoms with E-state index >= 15 is 0 Å². The molecule has 0 spiro atoms. The summed E-state index contributed by atoms with van der Waals surface area (Å²) in [6, 6.07) is 0. The van der Waals surface area contributed by atoms with Crippen LogP contribution in [-0.2, 0) is 0 Å². The first-order valence-electron chi connectivity index (χ1n) is 12.0. The normalized spacial score (nSPS) is 30.3. The van der Waals surface area contributed by atoms with E-state index in [0.29, 0.717) is 17.0 Å². The molecule has 6 atom stereocenters. The first-order chi connectivity index (χ1) is 13.0. The van der Waals surface area contributed by atoms with Gasteiger partial charge in [-0.05, 0) is 68.4 Å². The number of hydrogen-bond donors (Lipinski definition) is 1. The molecule has 0 bridgehead atoms. The number of unbranched alkanes of at least 4 members (excludes halogenated alkanes) is 1. The van der Waals surface area contributed by atoms with Gasteiger partial charge in [0.15, 0.2) is 0 Å². The van der Waals surface area contributed by atoms with Gasteiger partial charge >= 0.3 is 0 Å². The largest absolute Gasteiger partial charge is 0.330 e. The summed E-state index contributed by atoms with van der Waals surface area (Å²) >= 11 is 0. The highest BCUT2D eigenvalue weighted by Crippen LogP contribution is 2.48. The van der Waals surface area contributed by atoms with Crippen LogP contribution in [0.1, 0.15) is 112 Å². The molecule has 0 aromatic rings. The Kier molecular flexibility index (Phi) is 15.8. The third-order valence-electron chi connectivity index (χ3n) is 6.12. The Balaban J connectivity index is 0.00000123. The Hall–Kier alpha value is -0.0500. The fourth-order valence-electron chi connectivity index (χ4n) is 4.43. The van der Waals surface area contributed by atoms with Crippen LogP contribution in [0.3, 0.4) is 0 Å². The van der Waals surface area contributed by atoms with Gasteiger partial charge in [-0.1, -0.05) is 72.6 Å². The summed E-state index contributed by atoms with van der Waals surface area (Å²) in [4.78, 5) is 0. The summed E-state index contributed by atoms with van der Waals surface area (Å²) in [5.41, 5.74) is 5.98. The van der Waals surface area contributed by atoms with Crippen LogP contribution >= 0.6 is 9.24 Å². The molecule has 2 heteroatoms. The molecular weight excluding hydrogens is 345 g/mol. The maximum atomic E-state index is 5.98. The number of nitrogens with two attached hydrogens (primary N) is 1. The van der Waals surface area contributed by atoms with Gasteiger partial charge in [0.25, 0.3) is 0 Å². The van der Waals surface area contributed by atoms with Crippen LogP contribution in [0.4, 0.5) is 0 Å². The summed E-state index contributed by atoms with van der Waals surface area (Å²) < 4.78 is 0. The summed E-state index contributed by atoms with van der Waals surface area (Å²) in [6.45, 7) is 13.6. The van der Waals surface area contributed by atoms with Crippen LogP contribution in [0.25, 0.3) is 0 Å². The van der Waals surface area contributed by atoms with E-state index in [4.69, 9.17) is 5.73 Å². The van der Waals surface area contributed by atoms with Crippen LogP contribution < -0.4 is 5.73 Å². The van der Waals surface area contributed by atoms with Crippen LogP contribution in [-0.4, -0.2) is 11.7 Å². The molecule has 2 aliphatic carbocycles. The summed E-state index contributed by atoms with van der Waals surface area (Å²) in [5, 5.41) is 0.340. The van der Waals surface area contributed by atoms with Crippen molar-refractivity contribution in [1.82, 2.24) is 0 Å². The molecule has 27 heavy (non-hydrogen) atoms. The highest BCUT2D eigenvalue weighted by molar-refractivity contribution is 7.19. The van der Waals surface area contributed by atoms with E-state index in [1.165, 1.54) is 70.6 Å². The third kappa shape index (κ3) is 10.3. The molecule has 160 valence electrons. The minimum atomic E-state index is 0.340. The van der Waals surface area contributed by atoms with Gasteiger partial charge in [-0.25, -0.2) is 0 Å². The Morgan fingerprint density at radius 1 is 1.07 bits per heavy atom. The van der Waals surface area contributed by atoms with Crippen molar-refractivity contribution in [2.75, 3.05) is 6.54 Å². The lowest BCUT2D eigenvalue weighted by Gasteiger charge is -2.45. The van der Waals surface area contributed by atoms with Crippen molar-refractivity contribution >= 4 is 9.24 Å². The van der Waals surface area contributed by atoms with Crippen molar-refractivity contribution in [3.63, 3.8) is 0 Å². The molecule has 2 rings (SSSR count). The van der Waals surface area contributed by atoms with Crippen molar-refractivity contribution < 1.29 is 0 Å². The van der Waals surface area contributed by atoms with Crippen molar-refractivity contribution in [2.45, 2.75) is 117 Å². The first-order valence-corrected chi connectivity index (χ1v) is 12.6. The van der Waals surface area contributed by atoms with E-state index in [-0.39, 0.29) is 0 Å². The maximum absolute atomic E-state index is 5.98. The monoisotopic (exact) mass is 395 g/mol. The second kappa shape index (κ2) is 15.8. The lowest BCUT2D eigenvalue weighted by molar-refractivity contribution is 0.128. The van der Waals surface area contributed by atoms with Crippen molar-refractivity contribution in [1.29, 1.82) is 0 Å². The topological polar surface area (TPSA) is 26.0 Å². The molecule has 2 fully saturated rings. The minimum Gasteiger partial charge on any atom is -0.330 e. The molecule has 0 aromatic heterocycles. The van der Waals surface area contributed by atoms with Gasteiger partial charge in [0.1, 0.15) is 0 Å². The third-order valence-corrected chi connectivity index (χ3v) is 6.88. The van der Waals surface area contributed by atoms with Crippen molar-refractivity contribution in [2.24, 2.45) is 29.4 Å². The number of hydrogen-bond acceptors (Lipinski definition) is 1. The lowest BCUT2D eigenvalue weighted by Crippen LogP contribution is -2.42. The van der Waals surface area contributed by atoms with Crippen LogP contribution in [0.5, 0.6) is 0 Å². The highest BCUT2D eigenvalue weighted by Gasteiger charge is 2.39. The second-order valence-electron chi connectivity index (χ2n) is 8.58. The molecule has 0 saturated heterocycles. The number of rotatable bonds is 5. The van der Waals surface area contributed by atoms with E-state index in [1.54, 1.807) is 0 Å². The fourth-order valence-corrected chi connectivity index (χ4v) is 4.90. The van der Waals surface area contributed by atoms with Gasteiger partial charge in [-0.2, -0.15) is 0 Å². The zero-order valence-corrected chi connectivity index (χ0v) is 20.6. The fraction of sp³-hybridized carbons (Fsp3) is 0.920. The van der Waals surface area contributed by atoms with Gasteiger partial charge in [-0.3, -0.25) is 0 Å². The molecule has 0 aromatic carbocycles. The number of fused-ring (bicyclic) bond motifs is 1. The van der Waals surface area contributed by atoms with Crippen LogP contribution in [0.2, 0.25) is 0 Å². The van der Waals surface area contributed by atoms with Crippen LogP contribution in [0, 0.1) is 35.5 Å². The summed E-state index contributed by atoms with van der Waals surface area (Å²) in [6.07, 6.45) is 14.4. The molecular formula is C25H50NP. The smallest absolute Gasteiger partial charge is 0.0205 e. The zero-order valence-electron chi connectivity index (χ0n) is 19.4. The van der Waals surface area contributed by atoms with Gasteiger partial charge in [-0.15, -0.1) is 9.24 Å². The minimum absolute atomic E-state index is 0.340. The molecule has 2 N–H and O–H groups in total. The Morgan fingerprint density at radius 3 is 2.30 bits per heavy atom. The predicted octanol–water partition coefficient (Wildman–Crippen LogP) is 7.44. The molecule has 6 unspecified atom stereocenters.